The number of pyridine rings is 1. The molecule has 0 spiro atoms. The smallest absolute Gasteiger partial charge is 0.267 e. The van der Waals surface area contributed by atoms with E-state index in [9.17, 15) is 9.90 Å². The largest absolute Gasteiger partial charge is 0.393 e. The van der Waals surface area contributed by atoms with Gasteiger partial charge in [-0.2, -0.15) is 0 Å². The molecule has 4 rings (SSSR count). The SMILES string of the molecule is O=C(N[C@@H](Cc1ccccn1)C1CC(O)C1)c1cc2ccccc2[nH]1. The van der Waals surface area contributed by atoms with E-state index in [2.05, 4.69) is 15.3 Å². The molecule has 128 valence electrons. The summed E-state index contributed by atoms with van der Waals surface area (Å²) in [6, 6.07) is 15.5. The Morgan fingerprint density at radius 2 is 2.04 bits per heavy atom. The lowest BCUT2D eigenvalue weighted by Gasteiger charge is -2.38. The van der Waals surface area contributed by atoms with Crippen molar-refractivity contribution < 1.29 is 9.90 Å². The molecule has 1 amide bonds. The molecular formula is C20H21N3O2. The summed E-state index contributed by atoms with van der Waals surface area (Å²) >= 11 is 0. The van der Waals surface area contributed by atoms with Gasteiger partial charge in [0.05, 0.1) is 6.10 Å². The number of nitrogens with zero attached hydrogens (tertiary/aromatic N) is 1. The summed E-state index contributed by atoms with van der Waals surface area (Å²) in [5.41, 5.74) is 2.46. The Morgan fingerprint density at radius 3 is 2.76 bits per heavy atom. The standard InChI is InChI=1S/C20H21N3O2/c24-16-9-14(10-16)18(12-15-6-3-4-8-21-15)23-20(25)19-11-13-5-1-2-7-17(13)22-19/h1-8,11,14,16,18,22,24H,9-10,12H2,(H,23,25)/t14?,16?,18-/m0/s1. The summed E-state index contributed by atoms with van der Waals surface area (Å²) in [5, 5.41) is 13.8. The highest BCUT2D eigenvalue weighted by atomic mass is 16.3. The van der Waals surface area contributed by atoms with E-state index in [1.165, 1.54) is 0 Å². The van der Waals surface area contributed by atoms with Crippen molar-refractivity contribution >= 4 is 16.8 Å². The Balaban J connectivity index is 1.51. The average Bonchev–Trinajstić information content (AvgIpc) is 3.04. The number of H-pyrrole nitrogens is 1. The van der Waals surface area contributed by atoms with Crippen LogP contribution in [-0.2, 0) is 6.42 Å². The van der Waals surface area contributed by atoms with Crippen molar-refractivity contribution in [3.8, 4) is 0 Å². The molecule has 1 saturated carbocycles. The number of aromatic nitrogens is 2. The van der Waals surface area contributed by atoms with E-state index < -0.39 is 0 Å². The Morgan fingerprint density at radius 1 is 1.24 bits per heavy atom. The third-order valence-electron chi connectivity index (χ3n) is 4.96. The Bertz CT molecular complexity index is 836. The molecule has 1 fully saturated rings. The van der Waals surface area contributed by atoms with Crippen LogP contribution < -0.4 is 5.32 Å². The zero-order valence-electron chi connectivity index (χ0n) is 13.9. The fraction of sp³-hybridized carbons (Fsp3) is 0.300. The predicted octanol–water partition coefficient (Wildman–Crippen LogP) is 2.67. The highest BCUT2D eigenvalue weighted by Crippen LogP contribution is 2.31. The lowest BCUT2D eigenvalue weighted by molar-refractivity contribution is 0.0237. The monoisotopic (exact) mass is 335 g/mol. The molecule has 1 aliphatic rings. The number of aliphatic hydroxyl groups is 1. The first-order chi connectivity index (χ1) is 12.2. The number of fused-ring (bicyclic) bond motifs is 1. The van der Waals surface area contributed by atoms with Crippen molar-refractivity contribution in [1.29, 1.82) is 0 Å². The van der Waals surface area contributed by atoms with Gasteiger partial charge in [-0.25, -0.2) is 0 Å². The topological polar surface area (TPSA) is 78.0 Å². The molecule has 1 aliphatic carbocycles. The van der Waals surface area contributed by atoms with Gasteiger partial charge in [0.1, 0.15) is 5.69 Å². The highest BCUT2D eigenvalue weighted by Gasteiger charge is 2.35. The molecule has 5 heteroatoms. The van der Waals surface area contributed by atoms with Gasteiger partial charge in [-0.1, -0.05) is 24.3 Å². The molecule has 0 unspecified atom stereocenters. The third kappa shape index (κ3) is 3.42. The Hall–Kier alpha value is -2.66. The van der Waals surface area contributed by atoms with Crippen molar-refractivity contribution in [2.75, 3.05) is 0 Å². The molecule has 0 aliphatic heterocycles. The van der Waals surface area contributed by atoms with Crippen molar-refractivity contribution in [2.45, 2.75) is 31.4 Å². The number of aliphatic hydroxyl groups excluding tert-OH is 1. The molecule has 5 nitrogen and oxygen atoms in total. The molecule has 1 aromatic carbocycles. The van der Waals surface area contributed by atoms with Crippen molar-refractivity contribution in [1.82, 2.24) is 15.3 Å². The van der Waals surface area contributed by atoms with E-state index in [0.29, 0.717) is 12.1 Å². The van der Waals surface area contributed by atoms with Crippen LogP contribution in [0.4, 0.5) is 0 Å². The zero-order chi connectivity index (χ0) is 17.2. The number of carbonyl (C=O) groups excluding carboxylic acids is 1. The van der Waals surface area contributed by atoms with Gasteiger partial charge in [-0.05, 0) is 43.0 Å². The van der Waals surface area contributed by atoms with E-state index in [-0.39, 0.29) is 24.0 Å². The van der Waals surface area contributed by atoms with Crippen LogP contribution in [0.25, 0.3) is 10.9 Å². The minimum Gasteiger partial charge on any atom is -0.393 e. The lowest BCUT2D eigenvalue weighted by Crippen LogP contribution is -2.48. The van der Waals surface area contributed by atoms with E-state index in [4.69, 9.17) is 0 Å². The van der Waals surface area contributed by atoms with Gasteiger partial charge in [0.25, 0.3) is 5.91 Å². The molecule has 3 N–H and O–H groups in total. The van der Waals surface area contributed by atoms with Gasteiger partial charge in [-0.15, -0.1) is 0 Å². The maximum absolute atomic E-state index is 12.7. The minimum absolute atomic E-state index is 0.0304. The summed E-state index contributed by atoms with van der Waals surface area (Å²) in [5.74, 6) is 0.170. The fourth-order valence-corrected chi connectivity index (χ4v) is 3.48. The molecule has 0 bridgehead atoms. The number of benzene rings is 1. The number of aromatic amines is 1. The first-order valence-electron chi connectivity index (χ1n) is 8.65. The van der Waals surface area contributed by atoms with E-state index >= 15 is 0 Å². The summed E-state index contributed by atoms with van der Waals surface area (Å²) in [4.78, 5) is 20.3. The average molecular weight is 335 g/mol. The first kappa shape index (κ1) is 15.8. The minimum atomic E-state index is -0.249. The normalized spacial score (nSPS) is 20.8. The van der Waals surface area contributed by atoms with Crippen LogP contribution in [0.1, 0.15) is 29.0 Å². The second-order valence-corrected chi connectivity index (χ2v) is 6.76. The molecule has 2 aromatic heterocycles. The number of hydrogen-bond acceptors (Lipinski definition) is 3. The maximum atomic E-state index is 12.7. The number of para-hydroxylation sites is 1. The van der Waals surface area contributed by atoms with Crippen LogP contribution in [0.15, 0.2) is 54.7 Å². The first-order valence-corrected chi connectivity index (χ1v) is 8.65. The molecule has 3 aromatic rings. The quantitative estimate of drug-likeness (QED) is 0.671. The number of nitrogens with one attached hydrogen (secondary N) is 2. The van der Waals surface area contributed by atoms with Crippen LogP contribution in [0, 0.1) is 5.92 Å². The van der Waals surface area contributed by atoms with Gasteiger partial charge in [-0.3, -0.25) is 9.78 Å². The van der Waals surface area contributed by atoms with Crippen molar-refractivity contribution in [3.05, 3.63) is 66.1 Å². The lowest BCUT2D eigenvalue weighted by atomic mass is 9.76. The molecule has 0 saturated heterocycles. The number of rotatable bonds is 5. The summed E-state index contributed by atoms with van der Waals surface area (Å²) in [6.45, 7) is 0. The maximum Gasteiger partial charge on any atom is 0.267 e. The Kier molecular flexibility index (Phi) is 4.24. The second-order valence-electron chi connectivity index (χ2n) is 6.76. The van der Waals surface area contributed by atoms with Crippen molar-refractivity contribution in [2.24, 2.45) is 5.92 Å². The molecule has 1 atom stereocenters. The number of hydrogen-bond donors (Lipinski definition) is 3. The number of amides is 1. The van der Waals surface area contributed by atoms with Gasteiger partial charge in [0, 0.05) is 35.3 Å². The van der Waals surface area contributed by atoms with Gasteiger partial charge < -0.3 is 15.4 Å². The van der Waals surface area contributed by atoms with Gasteiger partial charge >= 0.3 is 0 Å². The number of carbonyl (C=O) groups is 1. The van der Waals surface area contributed by atoms with Crippen molar-refractivity contribution in [3.63, 3.8) is 0 Å². The van der Waals surface area contributed by atoms with Gasteiger partial charge in [0.2, 0.25) is 0 Å². The molecule has 2 heterocycles. The van der Waals surface area contributed by atoms with Crippen LogP contribution in [0.2, 0.25) is 0 Å². The summed E-state index contributed by atoms with van der Waals surface area (Å²) in [6.07, 6.45) is 3.64. The van der Waals surface area contributed by atoms with Crippen LogP contribution in [0.5, 0.6) is 0 Å². The highest BCUT2D eigenvalue weighted by molar-refractivity contribution is 5.98. The molecule has 25 heavy (non-hydrogen) atoms. The van der Waals surface area contributed by atoms with E-state index in [1.807, 2.05) is 48.5 Å². The Labute approximate surface area is 146 Å². The summed E-state index contributed by atoms with van der Waals surface area (Å²) < 4.78 is 0. The van der Waals surface area contributed by atoms with Crippen LogP contribution in [0.3, 0.4) is 0 Å². The summed E-state index contributed by atoms with van der Waals surface area (Å²) in [7, 11) is 0. The molecular weight excluding hydrogens is 314 g/mol. The fourth-order valence-electron chi connectivity index (χ4n) is 3.48. The zero-order valence-corrected chi connectivity index (χ0v) is 13.9. The van der Waals surface area contributed by atoms with E-state index in [0.717, 1.165) is 29.4 Å². The molecule has 0 radical (unpaired) electrons. The second kappa shape index (κ2) is 6.69. The third-order valence-corrected chi connectivity index (χ3v) is 4.96. The van der Waals surface area contributed by atoms with Gasteiger partial charge in [0.15, 0.2) is 0 Å². The van der Waals surface area contributed by atoms with Crippen LogP contribution in [-0.4, -0.2) is 33.1 Å². The van der Waals surface area contributed by atoms with E-state index in [1.54, 1.807) is 6.20 Å². The predicted molar refractivity (Wildman–Crippen MR) is 96.2 cm³/mol. The van der Waals surface area contributed by atoms with Crippen LogP contribution >= 0.6 is 0 Å².